The smallest absolute Gasteiger partial charge is 0.191 e. The van der Waals surface area contributed by atoms with Gasteiger partial charge in [-0.25, -0.2) is 8.78 Å². The Hall–Kier alpha value is -0.960. The van der Waals surface area contributed by atoms with Crippen molar-refractivity contribution in [2.24, 2.45) is 10.9 Å². The second-order valence-electron chi connectivity index (χ2n) is 5.93. The van der Waals surface area contributed by atoms with Gasteiger partial charge in [0.2, 0.25) is 0 Å². The zero-order chi connectivity index (χ0) is 17.9. The minimum Gasteiger partial charge on any atom is -0.396 e. The molecule has 2 unspecified atom stereocenters. The molecule has 0 spiro atoms. The van der Waals surface area contributed by atoms with Gasteiger partial charge in [0.25, 0.3) is 0 Å². The number of aliphatic hydroxyl groups excluding tert-OH is 1. The van der Waals surface area contributed by atoms with Gasteiger partial charge >= 0.3 is 0 Å². The Morgan fingerprint density at radius 1 is 1.20 bits per heavy atom. The summed E-state index contributed by atoms with van der Waals surface area (Å²) in [7, 11) is 0. The molecule has 0 aliphatic rings. The molecule has 0 saturated heterocycles. The molecule has 0 heterocycles. The number of benzene rings is 1. The van der Waals surface area contributed by atoms with Crippen LogP contribution in [0.5, 0.6) is 0 Å². The van der Waals surface area contributed by atoms with Crippen LogP contribution in [0.4, 0.5) is 8.78 Å². The predicted octanol–water partition coefficient (Wildman–Crippen LogP) is 4.00. The Morgan fingerprint density at radius 2 is 1.92 bits per heavy atom. The number of aliphatic imine (C=N–C) groups is 1. The van der Waals surface area contributed by atoms with Crippen molar-refractivity contribution in [1.29, 1.82) is 0 Å². The quantitative estimate of drug-likeness (QED) is 0.291. The monoisotopic (exact) mass is 469 g/mol. The standard InChI is InChI=1S/C18H29F2N3O.HI/c1-4-6-14(9-10-24)12-22-18(21-5-2)23-13(3)15-7-8-16(19)17(20)11-15;/h7-8,11,13-14,24H,4-6,9-10,12H2,1-3H3,(H2,21,22,23);1H. The number of aliphatic hydroxyl groups is 1. The summed E-state index contributed by atoms with van der Waals surface area (Å²) in [6, 6.07) is 3.68. The van der Waals surface area contributed by atoms with Crippen molar-refractivity contribution in [3.8, 4) is 0 Å². The van der Waals surface area contributed by atoms with Crippen molar-refractivity contribution < 1.29 is 13.9 Å². The lowest BCUT2D eigenvalue weighted by Crippen LogP contribution is -2.39. The minimum absolute atomic E-state index is 0. The molecule has 25 heavy (non-hydrogen) atoms. The highest BCUT2D eigenvalue weighted by atomic mass is 127. The molecular formula is C18H30F2IN3O. The maximum Gasteiger partial charge on any atom is 0.191 e. The molecule has 0 aliphatic heterocycles. The van der Waals surface area contributed by atoms with Crippen molar-refractivity contribution in [1.82, 2.24) is 10.6 Å². The second-order valence-corrected chi connectivity index (χ2v) is 5.93. The maximum atomic E-state index is 13.4. The molecule has 0 saturated carbocycles. The summed E-state index contributed by atoms with van der Waals surface area (Å²) in [5, 5.41) is 15.5. The first-order valence-electron chi connectivity index (χ1n) is 8.62. The van der Waals surface area contributed by atoms with E-state index in [0.29, 0.717) is 30.5 Å². The fraction of sp³-hybridized carbons (Fsp3) is 0.611. The number of nitrogens with one attached hydrogen (secondary N) is 2. The normalized spacial score (nSPS) is 13.8. The summed E-state index contributed by atoms with van der Waals surface area (Å²) in [5.41, 5.74) is 0.653. The largest absolute Gasteiger partial charge is 0.396 e. The predicted molar refractivity (Wildman–Crippen MR) is 109 cm³/mol. The van der Waals surface area contributed by atoms with E-state index in [1.807, 2.05) is 13.8 Å². The second kappa shape index (κ2) is 13.3. The topological polar surface area (TPSA) is 56.7 Å². The first-order chi connectivity index (χ1) is 11.5. The highest BCUT2D eigenvalue weighted by Crippen LogP contribution is 2.16. The third-order valence-electron chi connectivity index (χ3n) is 3.88. The number of rotatable bonds is 9. The van der Waals surface area contributed by atoms with Crippen molar-refractivity contribution in [2.45, 2.75) is 46.1 Å². The lowest BCUT2D eigenvalue weighted by atomic mass is 10.0. The summed E-state index contributed by atoms with van der Waals surface area (Å²) in [6.07, 6.45) is 2.80. The van der Waals surface area contributed by atoms with E-state index in [2.05, 4.69) is 22.5 Å². The fourth-order valence-electron chi connectivity index (χ4n) is 2.53. The van der Waals surface area contributed by atoms with Gasteiger partial charge in [0.1, 0.15) is 0 Å². The molecule has 3 N–H and O–H groups in total. The van der Waals surface area contributed by atoms with Crippen LogP contribution in [0.25, 0.3) is 0 Å². The van der Waals surface area contributed by atoms with E-state index in [0.717, 1.165) is 25.3 Å². The van der Waals surface area contributed by atoms with Gasteiger partial charge in [-0.1, -0.05) is 19.4 Å². The first kappa shape index (κ1) is 24.0. The highest BCUT2D eigenvalue weighted by Gasteiger charge is 2.12. The highest BCUT2D eigenvalue weighted by molar-refractivity contribution is 14.0. The molecule has 0 bridgehead atoms. The Balaban J connectivity index is 0.00000576. The van der Waals surface area contributed by atoms with Gasteiger partial charge in [0, 0.05) is 19.7 Å². The van der Waals surface area contributed by atoms with E-state index >= 15 is 0 Å². The minimum atomic E-state index is -0.853. The van der Waals surface area contributed by atoms with Crippen LogP contribution in [0.2, 0.25) is 0 Å². The van der Waals surface area contributed by atoms with Crippen LogP contribution >= 0.6 is 24.0 Å². The van der Waals surface area contributed by atoms with Crippen LogP contribution in [0.15, 0.2) is 23.2 Å². The van der Waals surface area contributed by atoms with Gasteiger partial charge in [0.15, 0.2) is 17.6 Å². The zero-order valence-electron chi connectivity index (χ0n) is 15.2. The number of guanidine groups is 1. The van der Waals surface area contributed by atoms with E-state index in [4.69, 9.17) is 5.11 Å². The van der Waals surface area contributed by atoms with E-state index in [9.17, 15) is 8.78 Å². The SMILES string of the molecule is CCCC(CCO)CN=C(NCC)NC(C)c1ccc(F)c(F)c1.I. The molecule has 144 valence electrons. The van der Waals surface area contributed by atoms with Crippen LogP contribution in [0.1, 0.15) is 51.6 Å². The van der Waals surface area contributed by atoms with Crippen LogP contribution in [0.3, 0.4) is 0 Å². The molecule has 0 fully saturated rings. The lowest BCUT2D eigenvalue weighted by Gasteiger charge is -2.19. The van der Waals surface area contributed by atoms with Crippen molar-refractivity contribution in [3.05, 3.63) is 35.4 Å². The number of nitrogens with zero attached hydrogens (tertiary/aromatic N) is 1. The first-order valence-corrected chi connectivity index (χ1v) is 8.62. The Bertz CT molecular complexity index is 523. The third kappa shape index (κ3) is 8.80. The van der Waals surface area contributed by atoms with E-state index in [-0.39, 0.29) is 36.6 Å². The Labute approximate surface area is 166 Å². The van der Waals surface area contributed by atoms with E-state index in [1.165, 1.54) is 6.07 Å². The molecule has 0 aliphatic carbocycles. The Morgan fingerprint density at radius 3 is 2.48 bits per heavy atom. The number of halogens is 3. The molecule has 1 aromatic rings. The van der Waals surface area contributed by atoms with Gasteiger partial charge in [-0.05, 0) is 50.3 Å². The van der Waals surface area contributed by atoms with Gasteiger partial charge in [-0.15, -0.1) is 24.0 Å². The number of hydrogen-bond donors (Lipinski definition) is 3. The average Bonchev–Trinajstić information content (AvgIpc) is 2.55. The number of hydrogen-bond acceptors (Lipinski definition) is 2. The Kier molecular flexibility index (Phi) is 12.8. The average molecular weight is 469 g/mol. The van der Waals surface area contributed by atoms with Gasteiger partial charge in [-0.3, -0.25) is 4.99 Å². The summed E-state index contributed by atoms with van der Waals surface area (Å²) < 4.78 is 26.4. The van der Waals surface area contributed by atoms with Crippen molar-refractivity contribution in [2.75, 3.05) is 19.7 Å². The zero-order valence-corrected chi connectivity index (χ0v) is 17.5. The summed E-state index contributed by atoms with van der Waals surface area (Å²) in [6.45, 7) is 7.44. The molecule has 7 heteroatoms. The van der Waals surface area contributed by atoms with Crippen LogP contribution < -0.4 is 10.6 Å². The molecule has 1 aromatic carbocycles. The molecular weight excluding hydrogens is 439 g/mol. The van der Waals surface area contributed by atoms with E-state index < -0.39 is 11.6 Å². The van der Waals surface area contributed by atoms with E-state index in [1.54, 1.807) is 6.07 Å². The molecule has 0 amide bonds. The molecule has 2 atom stereocenters. The van der Waals surface area contributed by atoms with Gasteiger partial charge in [-0.2, -0.15) is 0 Å². The fourth-order valence-corrected chi connectivity index (χ4v) is 2.53. The lowest BCUT2D eigenvalue weighted by molar-refractivity contribution is 0.253. The third-order valence-corrected chi connectivity index (χ3v) is 3.88. The molecule has 0 radical (unpaired) electrons. The molecule has 0 aromatic heterocycles. The maximum absolute atomic E-state index is 13.4. The summed E-state index contributed by atoms with van der Waals surface area (Å²) in [4.78, 5) is 4.57. The van der Waals surface area contributed by atoms with Crippen LogP contribution in [-0.4, -0.2) is 30.8 Å². The molecule has 1 rings (SSSR count). The van der Waals surface area contributed by atoms with Crippen LogP contribution in [-0.2, 0) is 0 Å². The molecule has 4 nitrogen and oxygen atoms in total. The van der Waals surface area contributed by atoms with Crippen LogP contribution in [0, 0.1) is 17.6 Å². The van der Waals surface area contributed by atoms with Gasteiger partial charge in [0.05, 0.1) is 6.04 Å². The van der Waals surface area contributed by atoms with Gasteiger partial charge < -0.3 is 15.7 Å². The van der Waals surface area contributed by atoms with Crippen molar-refractivity contribution >= 4 is 29.9 Å². The summed E-state index contributed by atoms with van der Waals surface area (Å²) >= 11 is 0. The summed E-state index contributed by atoms with van der Waals surface area (Å²) in [5.74, 6) is -0.727. The van der Waals surface area contributed by atoms with Crippen molar-refractivity contribution in [3.63, 3.8) is 0 Å².